The number of carbonyl (C=O) groups is 1. The Morgan fingerprint density at radius 3 is 2.76 bits per heavy atom. The molecule has 2 heterocycles. The Balaban J connectivity index is 2.10. The number of fused-ring (bicyclic) bond motifs is 3. The Hall–Kier alpha value is -3.26. The van der Waals surface area contributed by atoms with Crippen LogP contribution in [0.15, 0.2) is 52.4 Å². The van der Waals surface area contributed by atoms with Crippen molar-refractivity contribution in [3.63, 3.8) is 0 Å². The summed E-state index contributed by atoms with van der Waals surface area (Å²) in [5.41, 5.74) is 2.83. The number of aromatic nitrogens is 3. The van der Waals surface area contributed by atoms with Gasteiger partial charge in [0.2, 0.25) is 0 Å². The van der Waals surface area contributed by atoms with Crippen molar-refractivity contribution in [2.75, 3.05) is 7.11 Å². The minimum Gasteiger partial charge on any atom is -0.495 e. The summed E-state index contributed by atoms with van der Waals surface area (Å²) in [4.78, 5) is 32.9. The zero-order valence-corrected chi connectivity index (χ0v) is 16.9. The number of H-pyrrole nitrogens is 1. The van der Waals surface area contributed by atoms with Gasteiger partial charge in [-0.15, -0.1) is 0 Å². The second-order valence-electron chi connectivity index (χ2n) is 6.70. The summed E-state index contributed by atoms with van der Waals surface area (Å²) in [7, 11) is 1.53. The van der Waals surface area contributed by atoms with Crippen molar-refractivity contribution in [1.82, 2.24) is 14.5 Å². The maximum absolute atomic E-state index is 13.5. The molecule has 0 saturated carbocycles. The summed E-state index contributed by atoms with van der Waals surface area (Å²) in [6.07, 6.45) is 0. The van der Waals surface area contributed by atoms with Crippen molar-refractivity contribution < 1.29 is 14.6 Å². The van der Waals surface area contributed by atoms with E-state index in [1.165, 1.54) is 11.7 Å². The smallest absolute Gasteiger partial charge is 0.316 e. The van der Waals surface area contributed by atoms with Crippen LogP contribution in [0.4, 0.5) is 0 Å². The molecule has 0 saturated heterocycles. The van der Waals surface area contributed by atoms with Crippen molar-refractivity contribution in [3.05, 3.63) is 58.4 Å². The van der Waals surface area contributed by atoms with Gasteiger partial charge in [0.05, 0.1) is 12.8 Å². The summed E-state index contributed by atoms with van der Waals surface area (Å²) >= 11 is 1.02. The van der Waals surface area contributed by atoms with Crippen LogP contribution in [0.2, 0.25) is 0 Å². The number of carboxylic acids is 1. The molecule has 0 fully saturated rings. The summed E-state index contributed by atoms with van der Waals surface area (Å²) in [5, 5.41) is 9.72. The van der Waals surface area contributed by atoms with Gasteiger partial charge in [0, 0.05) is 10.9 Å². The summed E-state index contributed by atoms with van der Waals surface area (Å²) < 4.78 is 6.89. The highest BCUT2D eigenvalue weighted by Gasteiger charge is 2.23. The third-order valence-corrected chi connectivity index (χ3v) is 5.74. The molecule has 1 atom stereocenters. The van der Waals surface area contributed by atoms with Gasteiger partial charge in [-0.05, 0) is 37.6 Å². The van der Waals surface area contributed by atoms with E-state index in [1.807, 2.05) is 43.3 Å². The van der Waals surface area contributed by atoms with Crippen LogP contribution in [0.25, 0.3) is 27.6 Å². The summed E-state index contributed by atoms with van der Waals surface area (Å²) in [6, 6.07) is 13.0. The monoisotopic (exact) mass is 409 g/mol. The van der Waals surface area contributed by atoms with Crippen LogP contribution >= 0.6 is 11.8 Å². The number of hydrogen-bond donors (Lipinski definition) is 2. The van der Waals surface area contributed by atoms with Gasteiger partial charge < -0.3 is 14.8 Å². The van der Waals surface area contributed by atoms with E-state index in [2.05, 4.69) is 4.98 Å². The molecule has 0 spiro atoms. The average Bonchev–Trinajstić information content (AvgIpc) is 3.07. The molecule has 29 heavy (non-hydrogen) atoms. The maximum Gasteiger partial charge on any atom is 0.316 e. The molecule has 0 aliphatic carbocycles. The molecule has 8 heteroatoms. The number of aromatic amines is 1. The lowest BCUT2D eigenvalue weighted by atomic mass is 10.2. The first kappa shape index (κ1) is 19.1. The minimum atomic E-state index is -0.981. The molecule has 0 radical (unpaired) electrons. The van der Waals surface area contributed by atoms with Crippen LogP contribution in [0.3, 0.4) is 0 Å². The standard InChI is InChI=1S/C21H19N3O4S/c1-11-8-9-16(28-3)15(10-11)24-19(25)18-17(13-6-4-5-7-14(13)22-18)23-21(24)29-12(2)20(26)27/h4-10,12,22H,1-3H3,(H,26,27). The molecule has 148 valence electrons. The Morgan fingerprint density at radius 1 is 1.28 bits per heavy atom. The quantitative estimate of drug-likeness (QED) is 0.385. The summed E-state index contributed by atoms with van der Waals surface area (Å²) in [6.45, 7) is 3.48. The van der Waals surface area contributed by atoms with Crippen LogP contribution in [-0.4, -0.2) is 38.0 Å². The molecule has 0 amide bonds. The van der Waals surface area contributed by atoms with Gasteiger partial charge in [0.25, 0.3) is 5.56 Å². The van der Waals surface area contributed by atoms with E-state index >= 15 is 0 Å². The van der Waals surface area contributed by atoms with E-state index in [0.29, 0.717) is 27.6 Å². The predicted octanol–water partition coefficient (Wildman–Crippen LogP) is 3.75. The number of benzene rings is 2. The number of ether oxygens (including phenoxy) is 1. The fourth-order valence-electron chi connectivity index (χ4n) is 3.22. The van der Waals surface area contributed by atoms with Crippen molar-refractivity contribution in [2.45, 2.75) is 24.3 Å². The van der Waals surface area contributed by atoms with Crippen LogP contribution in [0, 0.1) is 6.92 Å². The van der Waals surface area contributed by atoms with Crippen LogP contribution in [0.5, 0.6) is 5.75 Å². The zero-order valence-electron chi connectivity index (χ0n) is 16.1. The van der Waals surface area contributed by atoms with E-state index in [9.17, 15) is 14.7 Å². The number of aliphatic carboxylic acids is 1. The van der Waals surface area contributed by atoms with Gasteiger partial charge in [-0.1, -0.05) is 36.0 Å². The van der Waals surface area contributed by atoms with Gasteiger partial charge >= 0.3 is 5.97 Å². The number of hydrogen-bond acceptors (Lipinski definition) is 5. The minimum absolute atomic E-state index is 0.297. The molecule has 4 aromatic rings. The number of para-hydroxylation sites is 1. The van der Waals surface area contributed by atoms with Gasteiger partial charge in [0.1, 0.15) is 22.0 Å². The van der Waals surface area contributed by atoms with Crippen molar-refractivity contribution in [2.24, 2.45) is 0 Å². The van der Waals surface area contributed by atoms with Gasteiger partial charge in [-0.25, -0.2) is 9.55 Å². The third-order valence-electron chi connectivity index (χ3n) is 4.70. The number of nitrogens with one attached hydrogen (secondary N) is 1. The molecular formula is C21H19N3O4S. The summed E-state index contributed by atoms with van der Waals surface area (Å²) in [5.74, 6) is -0.481. The van der Waals surface area contributed by atoms with E-state index in [1.54, 1.807) is 13.0 Å². The third kappa shape index (κ3) is 3.25. The molecule has 0 aliphatic heterocycles. The molecule has 2 N–H and O–H groups in total. The number of methoxy groups -OCH3 is 1. The van der Waals surface area contributed by atoms with Crippen molar-refractivity contribution in [3.8, 4) is 11.4 Å². The van der Waals surface area contributed by atoms with Gasteiger partial charge in [0.15, 0.2) is 5.16 Å². The first-order valence-electron chi connectivity index (χ1n) is 8.98. The van der Waals surface area contributed by atoms with Crippen molar-refractivity contribution in [1.29, 1.82) is 0 Å². The topological polar surface area (TPSA) is 97.2 Å². The second kappa shape index (κ2) is 7.29. The molecular weight excluding hydrogens is 390 g/mol. The highest BCUT2D eigenvalue weighted by Crippen LogP contribution is 2.31. The van der Waals surface area contributed by atoms with Crippen molar-refractivity contribution >= 4 is 39.7 Å². The normalized spacial score (nSPS) is 12.4. The van der Waals surface area contributed by atoms with Crippen LogP contribution < -0.4 is 10.3 Å². The predicted molar refractivity (Wildman–Crippen MR) is 113 cm³/mol. The Kier molecular flexibility index (Phi) is 4.79. The van der Waals surface area contributed by atoms with Crippen LogP contribution in [0.1, 0.15) is 12.5 Å². The van der Waals surface area contributed by atoms with E-state index in [4.69, 9.17) is 9.72 Å². The first-order chi connectivity index (χ1) is 13.9. The van der Waals surface area contributed by atoms with Crippen LogP contribution in [-0.2, 0) is 4.79 Å². The Labute approximate surface area is 170 Å². The van der Waals surface area contributed by atoms with E-state index in [-0.39, 0.29) is 5.56 Å². The molecule has 0 bridgehead atoms. The fraction of sp³-hybridized carbons (Fsp3) is 0.190. The molecule has 0 aliphatic rings. The Bertz CT molecular complexity index is 1310. The fourth-order valence-corrected chi connectivity index (χ4v) is 4.06. The number of thioether (sulfide) groups is 1. The average molecular weight is 409 g/mol. The zero-order chi connectivity index (χ0) is 20.7. The second-order valence-corrected chi connectivity index (χ2v) is 8.01. The SMILES string of the molecule is COc1ccc(C)cc1-n1c(SC(C)C(=O)O)nc2c([nH]c3ccccc32)c1=O. The largest absolute Gasteiger partial charge is 0.495 e. The van der Waals surface area contributed by atoms with E-state index in [0.717, 1.165) is 28.2 Å². The molecule has 2 aromatic carbocycles. The first-order valence-corrected chi connectivity index (χ1v) is 9.86. The number of carboxylic acid groups (broad SMARTS) is 1. The van der Waals surface area contributed by atoms with E-state index < -0.39 is 11.2 Å². The number of nitrogens with zero attached hydrogens (tertiary/aromatic N) is 2. The lowest BCUT2D eigenvalue weighted by Crippen LogP contribution is -2.24. The molecule has 4 rings (SSSR count). The maximum atomic E-state index is 13.5. The Morgan fingerprint density at radius 2 is 2.03 bits per heavy atom. The highest BCUT2D eigenvalue weighted by atomic mass is 32.2. The lowest BCUT2D eigenvalue weighted by Gasteiger charge is -2.16. The molecule has 1 unspecified atom stereocenters. The molecule has 7 nitrogen and oxygen atoms in total. The number of aryl methyl sites for hydroxylation is 1. The van der Waals surface area contributed by atoms with Gasteiger partial charge in [-0.3, -0.25) is 9.59 Å². The molecule has 2 aromatic heterocycles. The van der Waals surface area contributed by atoms with Gasteiger partial charge in [-0.2, -0.15) is 0 Å². The lowest BCUT2D eigenvalue weighted by molar-refractivity contribution is -0.136. The number of rotatable bonds is 5. The highest BCUT2D eigenvalue weighted by molar-refractivity contribution is 8.00.